The monoisotopic (exact) mass is 195 g/mol. The predicted octanol–water partition coefficient (Wildman–Crippen LogP) is -2.53. The molecule has 0 heterocycles. The van der Waals surface area contributed by atoms with Gasteiger partial charge in [0.15, 0.2) is 6.29 Å². The van der Waals surface area contributed by atoms with Gasteiger partial charge in [-0.05, 0) is 0 Å². The van der Waals surface area contributed by atoms with E-state index in [2.05, 4.69) is 0 Å². The average Bonchev–Trinajstić information content (AvgIpc) is 1.81. The van der Waals surface area contributed by atoms with Crippen molar-refractivity contribution in [2.75, 3.05) is 26.6 Å². The number of hydrogen-bond acceptors (Lipinski definition) is 2. The lowest BCUT2D eigenvalue weighted by atomic mass is 10.6. The van der Waals surface area contributed by atoms with Crippen LogP contribution in [0.15, 0.2) is 11.1 Å². The van der Waals surface area contributed by atoms with Crippen molar-refractivity contribution in [2.45, 2.75) is 0 Å². The van der Waals surface area contributed by atoms with E-state index in [1.54, 1.807) is 0 Å². The Hall–Kier alpha value is -0.150. The van der Waals surface area contributed by atoms with Crippen molar-refractivity contribution < 1.29 is 17.2 Å². The van der Waals surface area contributed by atoms with Crippen LogP contribution in [-0.4, -0.2) is 37.8 Å². The van der Waals surface area contributed by atoms with Gasteiger partial charge in [-0.25, -0.2) is 0 Å². The first-order valence-electron chi connectivity index (χ1n) is 2.99. The van der Waals surface area contributed by atoms with Gasteiger partial charge in [0.1, 0.15) is 12.5 Å². The molecule has 11 heavy (non-hydrogen) atoms. The highest BCUT2D eigenvalue weighted by atomic mass is 35.5. The maximum atomic E-state index is 10.4. The maximum Gasteiger partial charge on any atom is 0.209 e. The molecule has 0 saturated carbocycles. The number of rotatable bonds is 3. The summed E-state index contributed by atoms with van der Waals surface area (Å²) in [7, 11) is 3.90. The second kappa shape index (κ2) is 6.55. The highest BCUT2D eigenvalue weighted by molar-refractivity contribution is 8.00. The molecule has 0 fully saturated rings. The van der Waals surface area contributed by atoms with Crippen LogP contribution in [0.3, 0.4) is 0 Å². The van der Waals surface area contributed by atoms with Crippen LogP contribution in [0, 0.1) is 0 Å². The van der Waals surface area contributed by atoms with E-state index in [0.29, 0.717) is 0 Å². The third-order valence-corrected chi connectivity index (χ3v) is 2.12. The number of allylic oxidation sites excluding steroid dienone is 1. The van der Waals surface area contributed by atoms with Crippen molar-refractivity contribution in [2.24, 2.45) is 0 Å². The molecule has 0 N–H and O–H groups in total. The summed E-state index contributed by atoms with van der Waals surface area (Å²) in [6.07, 6.45) is 6.84. The molecule has 0 aliphatic heterocycles. The van der Waals surface area contributed by atoms with E-state index < -0.39 is 0 Å². The van der Waals surface area contributed by atoms with Crippen molar-refractivity contribution in [3.63, 3.8) is 0 Å². The third kappa shape index (κ3) is 6.26. The molecule has 0 saturated heterocycles. The minimum absolute atomic E-state index is 0. The Morgan fingerprint density at radius 2 is 1.82 bits per heavy atom. The summed E-state index contributed by atoms with van der Waals surface area (Å²) >= 11 is 0. The lowest BCUT2D eigenvalue weighted by Gasteiger charge is -2.03. The second-order valence-electron chi connectivity index (χ2n) is 2.43. The lowest BCUT2D eigenvalue weighted by molar-refractivity contribution is -0.104. The van der Waals surface area contributed by atoms with E-state index in [-0.39, 0.29) is 23.3 Å². The van der Waals surface area contributed by atoms with Gasteiger partial charge in [0.05, 0.1) is 6.20 Å². The first-order valence-corrected chi connectivity index (χ1v) is 5.03. The van der Waals surface area contributed by atoms with Crippen LogP contribution in [0.1, 0.15) is 0 Å². The molecule has 66 valence electrons. The normalized spacial score (nSPS) is 10.8. The number of hydrogen-bond donors (Lipinski definition) is 0. The highest BCUT2D eigenvalue weighted by Crippen LogP contribution is 2.00. The molecule has 0 aliphatic carbocycles. The van der Waals surface area contributed by atoms with Crippen LogP contribution in [0.5, 0.6) is 0 Å². The fraction of sp³-hybridized carbons (Fsp3) is 0.571. The molecular weight excluding hydrogens is 182 g/mol. The van der Waals surface area contributed by atoms with Gasteiger partial charge < -0.3 is 17.3 Å². The number of halogens is 1. The SMILES string of the molecule is CN(C)C=C(C=O)[S+](C)C.[Cl-]. The van der Waals surface area contributed by atoms with Crippen LogP contribution in [0.25, 0.3) is 0 Å². The van der Waals surface area contributed by atoms with Crippen molar-refractivity contribution in [1.29, 1.82) is 0 Å². The average molecular weight is 196 g/mol. The first-order chi connectivity index (χ1) is 4.57. The Kier molecular flexibility index (Phi) is 8.01. The van der Waals surface area contributed by atoms with Crippen LogP contribution in [0.4, 0.5) is 0 Å². The van der Waals surface area contributed by atoms with Crippen molar-refractivity contribution >= 4 is 17.2 Å². The molecule has 0 aromatic rings. The number of carbonyl (C=O) groups is 1. The van der Waals surface area contributed by atoms with E-state index in [0.717, 1.165) is 11.2 Å². The minimum atomic E-state index is 0. The van der Waals surface area contributed by atoms with Gasteiger partial charge in [-0.1, -0.05) is 0 Å². The van der Waals surface area contributed by atoms with Gasteiger partial charge in [-0.2, -0.15) is 0 Å². The maximum absolute atomic E-state index is 10.4. The highest BCUT2D eigenvalue weighted by Gasteiger charge is 2.10. The molecule has 0 spiro atoms. The van der Waals surface area contributed by atoms with E-state index in [1.165, 1.54) is 0 Å². The summed E-state index contributed by atoms with van der Waals surface area (Å²) in [5.74, 6) is 0. The largest absolute Gasteiger partial charge is 1.00 e. The minimum Gasteiger partial charge on any atom is -1.00 e. The molecule has 0 bridgehead atoms. The zero-order valence-corrected chi connectivity index (χ0v) is 8.87. The van der Waals surface area contributed by atoms with E-state index in [9.17, 15) is 4.79 Å². The van der Waals surface area contributed by atoms with Gasteiger partial charge in [-0.15, -0.1) is 0 Å². The molecule has 0 radical (unpaired) electrons. The summed E-state index contributed by atoms with van der Waals surface area (Å²) in [4.78, 5) is 13.1. The van der Waals surface area contributed by atoms with Crippen molar-refractivity contribution in [3.8, 4) is 0 Å². The van der Waals surface area contributed by atoms with Crippen LogP contribution in [-0.2, 0) is 15.7 Å². The van der Waals surface area contributed by atoms with Gasteiger partial charge >= 0.3 is 0 Å². The zero-order chi connectivity index (χ0) is 8.15. The molecule has 2 nitrogen and oxygen atoms in total. The number of carbonyl (C=O) groups excluding carboxylic acids is 1. The Bertz CT molecular complexity index is 145. The van der Waals surface area contributed by atoms with Gasteiger partial charge in [0, 0.05) is 25.0 Å². The molecule has 0 rings (SSSR count). The molecular formula is C7H14ClNOS. The summed E-state index contributed by atoms with van der Waals surface area (Å²) in [6, 6.07) is 0. The predicted molar refractivity (Wildman–Crippen MR) is 47.0 cm³/mol. The van der Waals surface area contributed by atoms with Gasteiger partial charge in [-0.3, -0.25) is 4.79 Å². The Balaban J connectivity index is 0. The van der Waals surface area contributed by atoms with Crippen LogP contribution < -0.4 is 12.4 Å². The standard InChI is InChI=1S/C7H14NOS.ClH/c1-8(2)5-7(6-9)10(3)4;/h5-6H,1-4H3;1H/q+1;/p-1. The fourth-order valence-corrected chi connectivity index (χ4v) is 1.10. The molecule has 0 unspecified atom stereocenters. The Labute approximate surface area is 77.4 Å². The van der Waals surface area contributed by atoms with Crippen LogP contribution in [0.2, 0.25) is 0 Å². The lowest BCUT2D eigenvalue weighted by Crippen LogP contribution is -3.00. The number of aldehydes is 1. The third-order valence-electron chi connectivity index (χ3n) is 0.973. The topological polar surface area (TPSA) is 20.3 Å². The smallest absolute Gasteiger partial charge is 0.209 e. The Morgan fingerprint density at radius 1 is 1.36 bits per heavy atom. The van der Waals surface area contributed by atoms with Crippen LogP contribution >= 0.6 is 0 Å². The zero-order valence-electron chi connectivity index (χ0n) is 7.30. The number of nitrogens with zero attached hydrogens (tertiary/aromatic N) is 1. The molecule has 0 aliphatic rings. The molecule has 0 aromatic heterocycles. The first kappa shape index (κ1) is 13.4. The van der Waals surface area contributed by atoms with Gasteiger partial charge in [0.25, 0.3) is 0 Å². The molecule has 0 aromatic carbocycles. The second-order valence-corrected chi connectivity index (χ2v) is 4.53. The van der Waals surface area contributed by atoms with Gasteiger partial charge in [0.2, 0.25) is 4.91 Å². The summed E-state index contributed by atoms with van der Waals surface area (Å²) < 4.78 is 0. The van der Waals surface area contributed by atoms with E-state index in [1.807, 2.05) is 37.7 Å². The van der Waals surface area contributed by atoms with E-state index >= 15 is 0 Å². The van der Waals surface area contributed by atoms with Crippen molar-refractivity contribution in [3.05, 3.63) is 11.1 Å². The van der Waals surface area contributed by atoms with Crippen molar-refractivity contribution in [1.82, 2.24) is 4.90 Å². The van der Waals surface area contributed by atoms with E-state index in [4.69, 9.17) is 0 Å². The summed E-state index contributed by atoms with van der Waals surface area (Å²) in [5, 5.41) is 0. The summed E-state index contributed by atoms with van der Waals surface area (Å²) in [5.41, 5.74) is 0. The summed E-state index contributed by atoms with van der Waals surface area (Å²) in [6.45, 7) is 0. The molecule has 0 atom stereocenters. The molecule has 0 amide bonds. The Morgan fingerprint density at radius 3 is 1.91 bits per heavy atom. The fourth-order valence-electron chi connectivity index (χ4n) is 0.487. The quantitative estimate of drug-likeness (QED) is 0.281. The molecule has 4 heteroatoms.